The molecule has 0 aliphatic carbocycles. The lowest BCUT2D eigenvalue weighted by molar-refractivity contribution is -0.132. The summed E-state index contributed by atoms with van der Waals surface area (Å²) < 4.78 is 0.983. The predicted octanol–water partition coefficient (Wildman–Crippen LogP) is 2.90. The summed E-state index contributed by atoms with van der Waals surface area (Å²) in [6.07, 6.45) is 0.965. The van der Waals surface area contributed by atoms with Crippen molar-refractivity contribution in [2.24, 2.45) is 5.73 Å². The van der Waals surface area contributed by atoms with Gasteiger partial charge < -0.3 is 10.6 Å². The van der Waals surface area contributed by atoms with E-state index in [-0.39, 0.29) is 11.9 Å². The van der Waals surface area contributed by atoms with E-state index in [0.717, 1.165) is 10.0 Å². The van der Waals surface area contributed by atoms with Crippen LogP contribution in [-0.4, -0.2) is 28.4 Å². The second kappa shape index (κ2) is 7.60. The molecule has 0 bridgehead atoms. The van der Waals surface area contributed by atoms with Crippen molar-refractivity contribution in [2.75, 3.05) is 6.54 Å². The van der Waals surface area contributed by atoms with Gasteiger partial charge >= 0.3 is 0 Å². The quantitative estimate of drug-likeness (QED) is 0.808. The molecule has 0 aliphatic rings. The van der Waals surface area contributed by atoms with E-state index in [0.29, 0.717) is 24.4 Å². The van der Waals surface area contributed by atoms with E-state index < -0.39 is 0 Å². The van der Waals surface area contributed by atoms with Crippen molar-refractivity contribution >= 4 is 39.0 Å². The lowest BCUT2D eigenvalue weighted by Crippen LogP contribution is -2.39. The van der Waals surface area contributed by atoms with Crippen LogP contribution in [0, 0.1) is 0 Å². The summed E-state index contributed by atoms with van der Waals surface area (Å²) in [5, 5.41) is 0. The van der Waals surface area contributed by atoms with Crippen LogP contribution in [0.3, 0.4) is 0 Å². The minimum absolute atomic E-state index is 0.101. The molecular weight excluding hydrogens is 324 g/mol. The Bertz CT molecular complexity index is 463. The Morgan fingerprint density at radius 2 is 2.16 bits per heavy atom. The molecule has 1 amide bonds. The fourth-order valence-corrected chi connectivity index (χ4v) is 2.36. The highest BCUT2D eigenvalue weighted by atomic mass is 79.9. The minimum atomic E-state index is 0.101. The van der Waals surface area contributed by atoms with Gasteiger partial charge in [0, 0.05) is 23.5 Å². The van der Waals surface area contributed by atoms with Gasteiger partial charge in [-0.1, -0.05) is 40.3 Å². The van der Waals surface area contributed by atoms with Gasteiger partial charge in [-0.3, -0.25) is 4.79 Å². The summed E-state index contributed by atoms with van der Waals surface area (Å²) in [4.78, 5) is 14.6. The number of hydrogen-bond donors (Lipinski definition) is 1. The Kier molecular flexibility index (Phi) is 6.45. The zero-order chi connectivity index (χ0) is 14.4. The zero-order valence-electron chi connectivity index (χ0n) is 11.2. The molecular formula is C14H19BrN2OS. The number of thiocarbonyl (C=S) groups is 1. The molecule has 3 nitrogen and oxygen atoms in total. The first-order chi connectivity index (χ1) is 8.90. The number of carbonyl (C=O) groups excluding carboxylic acids is 1. The summed E-state index contributed by atoms with van der Waals surface area (Å²) in [7, 11) is 0. The maximum Gasteiger partial charge on any atom is 0.227 e. The topological polar surface area (TPSA) is 46.3 Å². The Hall–Kier alpha value is -0.940. The van der Waals surface area contributed by atoms with Crippen LogP contribution < -0.4 is 5.73 Å². The molecule has 1 aromatic carbocycles. The number of hydrogen-bond acceptors (Lipinski definition) is 2. The maximum absolute atomic E-state index is 12.3. The molecule has 0 spiro atoms. The summed E-state index contributed by atoms with van der Waals surface area (Å²) in [5.41, 5.74) is 6.50. The predicted molar refractivity (Wildman–Crippen MR) is 86.1 cm³/mol. The molecule has 104 valence electrons. The Labute approximate surface area is 128 Å². The van der Waals surface area contributed by atoms with Crippen LogP contribution in [0.25, 0.3) is 0 Å². The largest absolute Gasteiger partial charge is 0.393 e. The van der Waals surface area contributed by atoms with E-state index in [2.05, 4.69) is 15.9 Å². The fourth-order valence-electron chi connectivity index (χ4n) is 1.82. The van der Waals surface area contributed by atoms with Crippen LogP contribution in [0.5, 0.6) is 0 Å². The van der Waals surface area contributed by atoms with Gasteiger partial charge in [0.25, 0.3) is 0 Å². The van der Waals surface area contributed by atoms with Gasteiger partial charge in [-0.2, -0.15) is 0 Å². The molecule has 5 heteroatoms. The number of rotatable bonds is 6. The highest BCUT2D eigenvalue weighted by Crippen LogP contribution is 2.13. The molecule has 19 heavy (non-hydrogen) atoms. The van der Waals surface area contributed by atoms with Gasteiger partial charge in [-0.25, -0.2) is 0 Å². The van der Waals surface area contributed by atoms with Crippen molar-refractivity contribution < 1.29 is 4.79 Å². The Morgan fingerprint density at radius 3 is 2.68 bits per heavy atom. The van der Waals surface area contributed by atoms with Gasteiger partial charge in [-0.15, -0.1) is 0 Å². The average molecular weight is 343 g/mol. The van der Waals surface area contributed by atoms with Crippen LogP contribution in [0.15, 0.2) is 28.7 Å². The number of benzene rings is 1. The first-order valence-electron chi connectivity index (χ1n) is 6.22. The van der Waals surface area contributed by atoms with Crippen molar-refractivity contribution in [1.82, 2.24) is 4.90 Å². The lowest BCUT2D eigenvalue weighted by Gasteiger charge is -2.26. The first kappa shape index (κ1) is 16.1. The summed E-state index contributed by atoms with van der Waals surface area (Å²) >= 11 is 8.28. The molecule has 0 aliphatic heterocycles. The first-order valence-corrected chi connectivity index (χ1v) is 7.42. The van der Waals surface area contributed by atoms with E-state index in [1.807, 2.05) is 43.0 Å². The van der Waals surface area contributed by atoms with Crippen LogP contribution in [0.1, 0.15) is 25.8 Å². The number of amides is 1. The van der Waals surface area contributed by atoms with E-state index in [4.69, 9.17) is 18.0 Å². The molecule has 0 saturated carbocycles. The lowest BCUT2D eigenvalue weighted by atomic mass is 10.1. The third-order valence-electron chi connectivity index (χ3n) is 2.79. The van der Waals surface area contributed by atoms with E-state index >= 15 is 0 Å². The molecule has 1 rings (SSSR count). The van der Waals surface area contributed by atoms with E-state index in [1.54, 1.807) is 0 Å². The maximum atomic E-state index is 12.3. The van der Waals surface area contributed by atoms with Crippen molar-refractivity contribution in [2.45, 2.75) is 32.7 Å². The molecule has 0 unspecified atom stereocenters. The molecule has 2 N–H and O–H groups in total. The molecule has 0 saturated heterocycles. The molecule has 0 fully saturated rings. The van der Waals surface area contributed by atoms with Crippen molar-refractivity contribution in [1.29, 1.82) is 0 Å². The average Bonchev–Trinajstić information content (AvgIpc) is 2.28. The molecule has 1 aromatic rings. The van der Waals surface area contributed by atoms with Gasteiger partial charge in [0.05, 0.1) is 11.4 Å². The smallest absolute Gasteiger partial charge is 0.227 e. The van der Waals surface area contributed by atoms with Crippen LogP contribution >= 0.6 is 28.1 Å². The van der Waals surface area contributed by atoms with Gasteiger partial charge in [0.15, 0.2) is 0 Å². The van der Waals surface area contributed by atoms with Gasteiger partial charge in [-0.05, 0) is 31.5 Å². The Balaban J connectivity index is 2.69. The molecule has 0 heterocycles. The molecule has 0 aromatic heterocycles. The third-order valence-corrected chi connectivity index (χ3v) is 3.48. The van der Waals surface area contributed by atoms with Crippen LogP contribution in [0.4, 0.5) is 0 Å². The third kappa shape index (κ3) is 5.70. The number of nitrogens with two attached hydrogens (primary N) is 1. The summed E-state index contributed by atoms with van der Waals surface area (Å²) in [5.74, 6) is 0.101. The highest BCUT2D eigenvalue weighted by Gasteiger charge is 2.17. The van der Waals surface area contributed by atoms with E-state index in [1.165, 1.54) is 0 Å². The molecule has 0 atom stereocenters. The van der Waals surface area contributed by atoms with Crippen molar-refractivity contribution in [3.63, 3.8) is 0 Å². The molecule has 0 radical (unpaired) electrons. The number of carbonyl (C=O) groups is 1. The van der Waals surface area contributed by atoms with Crippen molar-refractivity contribution in [3.8, 4) is 0 Å². The standard InChI is InChI=1S/C14H19BrN2OS/c1-10(2)17(7-6-13(16)19)14(18)9-11-4-3-5-12(15)8-11/h3-5,8,10H,6-7,9H2,1-2H3,(H2,16,19). The second-order valence-electron chi connectivity index (χ2n) is 4.70. The van der Waals surface area contributed by atoms with Crippen LogP contribution in [0.2, 0.25) is 0 Å². The monoisotopic (exact) mass is 342 g/mol. The minimum Gasteiger partial charge on any atom is -0.393 e. The van der Waals surface area contributed by atoms with Crippen molar-refractivity contribution in [3.05, 3.63) is 34.3 Å². The van der Waals surface area contributed by atoms with Crippen LogP contribution in [-0.2, 0) is 11.2 Å². The second-order valence-corrected chi connectivity index (χ2v) is 6.14. The normalized spacial score (nSPS) is 10.5. The van der Waals surface area contributed by atoms with Gasteiger partial charge in [0.1, 0.15) is 0 Å². The Morgan fingerprint density at radius 1 is 1.47 bits per heavy atom. The number of halogens is 1. The zero-order valence-corrected chi connectivity index (χ0v) is 13.6. The summed E-state index contributed by atoms with van der Waals surface area (Å²) in [6.45, 7) is 4.58. The summed E-state index contributed by atoms with van der Waals surface area (Å²) in [6, 6.07) is 7.94. The SMILES string of the molecule is CC(C)N(CCC(N)=S)C(=O)Cc1cccc(Br)c1. The fraction of sp³-hybridized carbons (Fsp3) is 0.429. The van der Waals surface area contributed by atoms with E-state index in [9.17, 15) is 4.79 Å². The number of nitrogens with zero attached hydrogens (tertiary/aromatic N) is 1. The highest BCUT2D eigenvalue weighted by molar-refractivity contribution is 9.10. The van der Waals surface area contributed by atoms with Gasteiger partial charge in [0.2, 0.25) is 5.91 Å².